The van der Waals surface area contributed by atoms with Gasteiger partial charge in [0.25, 0.3) is 27.2 Å². The average molecular weight is 748 g/mol. The van der Waals surface area contributed by atoms with Crippen LogP contribution < -0.4 is 0 Å². The molecule has 0 N–H and O–H groups in total. The van der Waals surface area contributed by atoms with Crippen LogP contribution >= 0.6 is 17.2 Å². The summed E-state index contributed by atoms with van der Waals surface area (Å²) in [5.41, 5.74) is 2.29. The number of hydrogen-bond acceptors (Lipinski definition) is 10. The van der Waals surface area contributed by atoms with E-state index >= 15 is 0 Å². The van der Waals surface area contributed by atoms with Gasteiger partial charge in [-0.05, 0) is 11.1 Å². The zero-order valence-corrected chi connectivity index (χ0v) is 26.3. The Balaban J connectivity index is -0.000000519. The third-order valence-electron chi connectivity index (χ3n) is 4.22. The van der Waals surface area contributed by atoms with Gasteiger partial charge in [-0.1, -0.05) is 74.5 Å². The van der Waals surface area contributed by atoms with E-state index in [1.165, 1.54) is 0 Å². The van der Waals surface area contributed by atoms with Gasteiger partial charge in [-0.25, -0.2) is 0 Å². The SMILES string of the molecule is CC1COP(OCc2ccccc2)OC1.CC1COP(OCc2ccccc2)OC1.[C]=O.[C]=O.[C]=O.[C]=O.[W]. The van der Waals surface area contributed by atoms with Crippen LogP contribution in [0.3, 0.4) is 0 Å². The van der Waals surface area contributed by atoms with Gasteiger partial charge in [-0.3, -0.25) is 19.2 Å². The molecule has 0 amide bonds. The van der Waals surface area contributed by atoms with Crippen molar-refractivity contribution in [1.29, 1.82) is 0 Å². The average Bonchev–Trinajstić information content (AvgIpc) is 3.02. The molecule has 0 atom stereocenters. The Bertz CT molecular complexity index is 696. The molecule has 2 heterocycles. The van der Waals surface area contributed by atoms with E-state index in [1.54, 1.807) is 0 Å². The fourth-order valence-electron chi connectivity index (χ4n) is 2.48. The topological polar surface area (TPSA) is 124 Å². The van der Waals surface area contributed by atoms with Crippen LogP contribution in [0.15, 0.2) is 60.7 Å². The van der Waals surface area contributed by atoms with Crippen molar-refractivity contribution in [3.05, 3.63) is 71.8 Å². The molecule has 2 aliphatic heterocycles. The first-order chi connectivity index (χ1) is 18.7. The second-order valence-corrected chi connectivity index (χ2v) is 9.80. The van der Waals surface area contributed by atoms with Crippen molar-refractivity contribution >= 4 is 44.4 Å². The van der Waals surface area contributed by atoms with Crippen molar-refractivity contribution in [1.82, 2.24) is 0 Å². The third kappa shape index (κ3) is 21.9. The quantitative estimate of drug-likeness (QED) is 0.387. The first kappa shape index (κ1) is 41.9. The molecule has 2 aliphatic rings. The molecule has 2 aromatic carbocycles. The molecule has 13 heteroatoms. The predicted molar refractivity (Wildman–Crippen MR) is 141 cm³/mol. The molecule has 4 rings (SSSR count). The number of benzene rings is 2. The van der Waals surface area contributed by atoms with E-state index < -0.39 is 17.2 Å². The minimum Gasteiger partial charge on any atom is -0.312 e. The molecule has 0 spiro atoms. The van der Waals surface area contributed by atoms with Gasteiger partial charge in [-0.15, -0.1) is 0 Å². The van der Waals surface area contributed by atoms with E-state index in [4.69, 9.17) is 46.3 Å². The fourth-order valence-corrected chi connectivity index (χ4v) is 4.94. The standard InChI is InChI=1S/2C11H15O3P.4CO.W/c2*1-10-7-12-15(13-8-10)14-9-11-5-3-2-4-6-11;4*1-2;/h2*2-6,10H,7-9H2,1H3;;;;;. The maximum atomic E-state index is 7.50. The minimum atomic E-state index is -1.12. The normalized spacial score (nSPS) is 20.8. The van der Waals surface area contributed by atoms with Crippen LogP contribution in [0.1, 0.15) is 25.0 Å². The van der Waals surface area contributed by atoms with Gasteiger partial charge >= 0.3 is 17.2 Å². The Hall–Kier alpha value is -1.57. The van der Waals surface area contributed by atoms with Crippen molar-refractivity contribution in [2.24, 2.45) is 11.8 Å². The number of hydrogen-bond donors (Lipinski definition) is 0. The summed E-state index contributed by atoms with van der Waals surface area (Å²) < 4.78 is 32.8. The molecule has 0 unspecified atom stereocenters. The van der Waals surface area contributed by atoms with Gasteiger partial charge in [0, 0.05) is 32.9 Å². The number of carbonyl (C=O) groups excluding carboxylic acids is 4. The summed E-state index contributed by atoms with van der Waals surface area (Å²) in [7, 11) is -2.24. The Morgan fingerprint density at radius 1 is 0.590 bits per heavy atom. The molecule has 8 radical (unpaired) electrons. The Labute approximate surface area is 248 Å². The van der Waals surface area contributed by atoms with Gasteiger partial charge < -0.3 is 27.1 Å². The number of rotatable bonds is 6. The molecule has 0 aromatic heterocycles. The van der Waals surface area contributed by atoms with Crippen molar-refractivity contribution in [2.75, 3.05) is 26.4 Å². The van der Waals surface area contributed by atoms with Crippen LogP contribution in [-0.4, -0.2) is 53.6 Å². The first-order valence-corrected chi connectivity index (χ1v) is 13.2. The summed E-state index contributed by atoms with van der Waals surface area (Å²) in [6.07, 6.45) is 0. The zero-order chi connectivity index (χ0) is 29.0. The molecule has 0 bridgehead atoms. The van der Waals surface area contributed by atoms with Crippen molar-refractivity contribution < 1.29 is 67.4 Å². The van der Waals surface area contributed by atoms with Crippen LogP contribution in [0.25, 0.3) is 0 Å². The fraction of sp³-hybridized carbons (Fsp3) is 0.385. The Morgan fingerprint density at radius 3 is 1.10 bits per heavy atom. The third-order valence-corrected chi connectivity index (χ3v) is 6.34. The molecule has 0 saturated carbocycles. The van der Waals surface area contributed by atoms with Gasteiger partial charge in [0.1, 0.15) is 0 Å². The van der Waals surface area contributed by atoms with Crippen molar-refractivity contribution in [3.63, 3.8) is 0 Å². The van der Waals surface area contributed by atoms with Crippen LogP contribution in [0.4, 0.5) is 0 Å². The van der Waals surface area contributed by atoms with Crippen LogP contribution in [0.5, 0.6) is 0 Å². The van der Waals surface area contributed by atoms with E-state index in [-0.39, 0.29) is 21.1 Å². The molecule has 2 saturated heterocycles. The molecule has 2 aromatic rings. The largest absolute Gasteiger partial charge is 0.333 e. The van der Waals surface area contributed by atoms with Gasteiger partial charge in [-0.2, -0.15) is 0 Å². The molecule has 210 valence electrons. The summed E-state index contributed by atoms with van der Waals surface area (Å²) in [4.78, 5) is 30.0. The van der Waals surface area contributed by atoms with Gasteiger partial charge in [0.05, 0.1) is 39.6 Å². The second-order valence-electron chi connectivity index (χ2n) is 7.36. The maximum absolute atomic E-state index is 7.50. The van der Waals surface area contributed by atoms with E-state index in [9.17, 15) is 0 Å². The molecule has 39 heavy (non-hydrogen) atoms. The summed E-state index contributed by atoms with van der Waals surface area (Å²) in [6, 6.07) is 20.1. The van der Waals surface area contributed by atoms with E-state index in [1.807, 2.05) is 60.7 Å². The second kappa shape index (κ2) is 31.0. The summed E-state index contributed by atoms with van der Waals surface area (Å²) in [5.74, 6) is 0.952. The maximum Gasteiger partial charge on any atom is 0.333 e. The Kier molecular flexibility index (Phi) is 33.3. The smallest absolute Gasteiger partial charge is 0.312 e. The molecule has 10 nitrogen and oxygen atoms in total. The summed E-state index contributed by atoms with van der Waals surface area (Å²) in [5, 5.41) is 0. The summed E-state index contributed by atoms with van der Waals surface area (Å²) in [6.45, 7) is 26.3. The monoisotopic (exact) mass is 748 g/mol. The van der Waals surface area contributed by atoms with E-state index in [0.29, 0.717) is 25.0 Å². The van der Waals surface area contributed by atoms with Crippen LogP contribution in [-0.2, 0) is 80.6 Å². The van der Waals surface area contributed by atoms with Crippen LogP contribution in [0.2, 0.25) is 0 Å². The van der Waals surface area contributed by atoms with E-state index in [2.05, 4.69) is 41.0 Å². The van der Waals surface area contributed by atoms with Gasteiger partial charge in [0.2, 0.25) is 0 Å². The molecular weight excluding hydrogens is 718 g/mol. The van der Waals surface area contributed by atoms with Crippen molar-refractivity contribution in [2.45, 2.75) is 27.1 Å². The summed E-state index contributed by atoms with van der Waals surface area (Å²) >= 11 is 0. The van der Waals surface area contributed by atoms with E-state index in [0.717, 1.165) is 37.6 Å². The molecule has 0 aliphatic carbocycles. The predicted octanol–water partition coefficient (Wildman–Crippen LogP) is 4.64. The zero-order valence-electron chi connectivity index (χ0n) is 21.6. The molecule has 2 fully saturated rings. The van der Waals surface area contributed by atoms with Crippen LogP contribution in [0, 0.1) is 11.8 Å². The van der Waals surface area contributed by atoms with Gasteiger partial charge in [0.15, 0.2) is 0 Å². The van der Waals surface area contributed by atoms with Crippen molar-refractivity contribution in [3.8, 4) is 0 Å². The minimum absolute atomic E-state index is 0. The Morgan fingerprint density at radius 2 is 0.846 bits per heavy atom. The molecular formula is C26H30O10P2W. The first-order valence-electron chi connectivity index (χ1n) is 11.0.